The lowest BCUT2D eigenvalue weighted by Crippen LogP contribution is -2.34. The fourth-order valence-corrected chi connectivity index (χ4v) is 2.51. The lowest BCUT2D eigenvalue weighted by atomic mass is 10.1. The van der Waals surface area contributed by atoms with Crippen LogP contribution in [0.2, 0.25) is 5.02 Å². The van der Waals surface area contributed by atoms with Crippen LogP contribution in [0.1, 0.15) is 12.8 Å². The van der Waals surface area contributed by atoms with Gasteiger partial charge in [0.05, 0.1) is 17.5 Å². The summed E-state index contributed by atoms with van der Waals surface area (Å²) in [6, 6.07) is 5.43. The first-order valence-corrected chi connectivity index (χ1v) is 7.53. The Bertz CT molecular complexity index is 492. The Labute approximate surface area is 142 Å². The SMILES string of the molecule is CN(C)c1ccc(Cl)cc1NC(=O)COC1CCNCC1.Cl. The summed E-state index contributed by atoms with van der Waals surface area (Å²) >= 11 is 6.00. The van der Waals surface area contributed by atoms with E-state index in [1.165, 1.54) is 0 Å². The molecule has 0 aromatic heterocycles. The highest BCUT2D eigenvalue weighted by Crippen LogP contribution is 2.27. The van der Waals surface area contributed by atoms with E-state index in [0.717, 1.165) is 31.6 Å². The molecule has 1 aliphatic heterocycles. The molecule has 0 spiro atoms. The maximum atomic E-state index is 12.0. The standard InChI is InChI=1S/C15H22ClN3O2.ClH/c1-19(2)14-4-3-11(16)9-13(14)18-15(20)10-21-12-5-7-17-8-6-12;/h3-4,9,12,17H,5-8,10H2,1-2H3,(H,18,20);1H. The van der Waals surface area contributed by atoms with Crippen LogP contribution in [-0.2, 0) is 9.53 Å². The molecule has 22 heavy (non-hydrogen) atoms. The van der Waals surface area contributed by atoms with E-state index < -0.39 is 0 Å². The van der Waals surface area contributed by atoms with Crippen molar-refractivity contribution in [1.82, 2.24) is 5.32 Å². The third kappa shape index (κ3) is 5.65. The summed E-state index contributed by atoms with van der Waals surface area (Å²) in [7, 11) is 3.84. The molecule has 1 saturated heterocycles. The number of nitrogens with one attached hydrogen (secondary N) is 2. The van der Waals surface area contributed by atoms with E-state index in [2.05, 4.69) is 10.6 Å². The lowest BCUT2D eigenvalue weighted by molar-refractivity contribution is -0.123. The molecule has 0 bridgehead atoms. The molecular formula is C15H23Cl2N3O2. The Morgan fingerprint density at radius 3 is 2.73 bits per heavy atom. The maximum Gasteiger partial charge on any atom is 0.250 e. The molecule has 1 fully saturated rings. The van der Waals surface area contributed by atoms with Gasteiger partial charge in [-0.05, 0) is 44.1 Å². The summed E-state index contributed by atoms with van der Waals surface area (Å²) < 4.78 is 5.65. The van der Waals surface area contributed by atoms with E-state index in [1.807, 2.05) is 25.1 Å². The van der Waals surface area contributed by atoms with Crippen LogP contribution in [0.25, 0.3) is 0 Å². The minimum Gasteiger partial charge on any atom is -0.376 e. The van der Waals surface area contributed by atoms with Crippen molar-refractivity contribution in [3.8, 4) is 0 Å². The number of benzene rings is 1. The average Bonchev–Trinajstić information content (AvgIpc) is 2.46. The molecule has 124 valence electrons. The first-order valence-electron chi connectivity index (χ1n) is 7.15. The fourth-order valence-electron chi connectivity index (χ4n) is 2.34. The summed E-state index contributed by atoms with van der Waals surface area (Å²) in [5.41, 5.74) is 1.61. The van der Waals surface area contributed by atoms with Gasteiger partial charge in [0.15, 0.2) is 0 Å². The highest BCUT2D eigenvalue weighted by atomic mass is 35.5. The molecule has 5 nitrogen and oxygen atoms in total. The summed E-state index contributed by atoms with van der Waals surface area (Å²) in [6.45, 7) is 1.97. The van der Waals surface area contributed by atoms with Gasteiger partial charge in [-0.1, -0.05) is 11.6 Å². The van der Waals surface area contributed by atoms with Gasteiger partial charge in [-0.15, -0.1) is 12.4 Å². The van der Waals surface area contributed by atoms with Crippen LogP contribution in [0.5, 0.6) is 0 Å². The average molecular weight is 348 g/mol. The minimum atomic E-state index is -0.154. The van der Waals surface area contributed by atoms with E-state index in [9.17, 15) is 4.79 Å². The second kappa shape index (κ2) is 9.20. The number of carbonyl (C=O) groups excluding carboxylic acids is 1. The first kappa shape index (κ1) is 19.0. The van der Waals surface area contributed by atoms with E-state index in [-0.39, 0.29) is 31.0 Å². The van der Waals surface area contributed by atoms with Crippen LogP contribution in [0, 0.1) is 0 Å². The molecule has 0 radical (unpaired) electrons. The van der Waals surface area contributed by atoms with Crippen molar-refractivity contribution in [2.75, 3.05) is 44.0 Å². The van der Waals surface area contributed by atoms with Gasteiger partial charge < -0.3 is 20.3 Å². The maximum absolute atomic E-state index is 12.0. The second-order valence-corrected chi connectivity index (χ2v) is 5.80. The zero-order valence-corrected chi connectivity index (χ0v) is 14.5. The van der Waals surface area contributed by atoms with Crippen molar-refractivity contribution < 1.29 is 9.53 Å². The van der Waals surface area contributed by atoms with Gasteiger partial charge in [0, 0.05) is 19.1 Å². The molecule has 0 unspecified atom stereocenters. The molecule has 2 N–H and O–H groups in total. The van der Waals surface area contributed by atoms with Crippen LogP contribution in [0.15, 0.2) is 18.2 Å². The number of amides is 1. The fraction of sp³-hybridized carbons (Fsp3) is 0.533. The van der Waals surface area contributed by atoms with E-state index >= 15 is 0 Å². The number of piperidine rings is 1. The Morgan fingerprint density at radius 2 is 2.09 bits per heavy atom. The highest BCUT2D eigenvalue weighted by molar-refractivity contribution is 6.31. The van der Waals surface area contributed by atoms with Gasteiger partial charge in [0.25, 0.3) is 0 Å². The lowest BCUT2D eigenvalue weighted by Gasteiger charge is -2.23. The van der Waals surface area contributed by atoms with Gasteiger partial charge >= 0.3 is 0 Å². The number of rotatable bonds is 5. The van der Waals surface area contributed by atoms with E-state index in [0.29, 0.717) is 10.7 Å². The number of ether oxygens (including phenoxy) is 1. The van der Waals surface area contributed by atoms with E-state index in [1.54, 1.807) is 12.1 Å². The number of nitrogens with zero attached hydrogens (tertiary/aromatic N) is 1. The Balaban J connectivity index is 0.00000242. The van der Waals surface area contributed by atoms with E-state index in [4.69, 9.17) is 16.3 Å². The van der Waals surface area contributed by atoms with Crippen molar-refractivity contribution in [3.05, 3.63) is 23.2 Å². The van der Waals surface area contributed by atoms with Crippen LogP contribution >= 0.6 is 24.0 Å². The van der Waals surface area contributed by atoms with Crippen LogP contribution in [-0.4, -0.2) is 45.8 Å². The summed E-state index contributed by atoms with van der Waals surface area (Å²) in [4.78, 5) is 14.0. The van der Waals surface area contributed by atoms with Crippen LogP contribution in [0.3, 0.4) is 0 Å². The van der Waals surface area contributed by atoms with Crippen molar-refractivity contribution in [2.45, 2.75) is 18.9 Å². The smallest absolute Gasteiger partial charge is 0.250 e. The molecule has 0 saturated carbocycles. The molecule has 7 heteroatoms. The third-order valence-electron chi connectivity index (χ3n) is 3.45. The predicted octanol–water partition coefficient (Wildman–Crippen LogP) is 2.53. The molecule has 1 aromatic rings. The number of hydrogen-bond donors (Lipinski definition) is 2. The van der Waals surface area contributed by atoms with Crippen molar-refractivity contribution in [2.24, 2.45) is 0 Å². The summed E-state index contributed by atoms with van der Waals surface area (Å²) in [6.07, 6.45) is 2.07. The number of anilines is 2. The minimum absolute atomic E-state index is 0. The largest absolute Gasteiger partial charge is 0.376 e. The zero-order valence-electron chi connectivity index (χ0n) is 12.9. The van der Waals surface area contributed by atoms with Crippen LogP contribution < -0.4 is 15.5 Å². The summed E-state index contributed by atoms with van der Waals surface area (Å²) in [5.74, 6) is -0.154. The number of carbonyl (C=O) groups is 1. The predicted molar refractivity (Wildman–Crippen MR) is 93.5 cm³/mol. The molecule has 1 aromatic carbocycles. The molecule has 1 heterocycles. The second-order valence-electron chi connectivity index (χ2n) is 5.36. The van der Waals surface area contributed by atoms with Crippen molar-refractivity contribution in [3.63, 3.8) is 0 Å². The monoisotopic (exact) mass is 347 g/mol. The first-order chi connectivity index (χ1) is 10.1. The number of hydrogen-bond acceptors (Lipinski definition) is 4. The van der Waals surface area contributed by atoms with Crippen molar-refractivity contribution >= 4 is 41.3 Å². The molecule has 0 atom stereocenters. The highest BCUT2D eigenvalue weighted by Gasteiger charge is 2.15. The number of halogens is 2. The van der Waals surface area contributed by atoms with Crippen molar-refractivity contribution in [1.29, 1.82) is 0 Å². The van der Waals surface area contributed by atoms with Gasteiger partial charge in [-0.3, -0.25) is 4.79 Å². The normalized spacial score (nSPS) is 15.0. The zero-order chi connectivity index (χ0) is 15.2. The van der Waals surface area contributed by atoms with Gasteiger partial charge in [-0.25, -0.2) is 0 Å². The van der Waals surface area contributed by atoms with Gasteiger partial charge in [-0.2, -0.15) is 0 Å². The van der Waals surface area contributed by atoms with Gasteiger partial charge in [0.1, 0.15) is 6.61 Å². The molecular weight excluding hydrogens is 325 g/mol. The Kier molecular flexibility index (Phi) is 7.96. The molecule has 1 aliphatic rings. The van der Waals surface area contributed by atoms with Crippen LogP contribution in [0.4, 0.5) is 11.4 Å². The van der Waals surface area contributed by atoms with Gasteiger partial charge in [0.2, 0.25) is 5.91 Å². The topological polar surface area (TPSA) is 53.6 Å². The molecule has 2 rings (SSSR count). The quantitative estimate of drug-likeness (QED) is 0.859. The molecule has 1 amide bonds. The third-order valence-corrected chi connectivity index (χ3v) is 3.69. The summed E-state index contributed by atoms with van der Waals surface area (Å²) in [5, 5.41) is 6.73. The Hall–Kier alpha value is -1.01. The Morgan fingerprint density at radius 1 is 1.41 bits per heavy atom. The molecule has 0 aliphatic carbocycles.